The zero-order chi connectivity index (χ0) is 11.8. The van der Waals surface area contributed by atoms with E-state index in [1.165, 1.54) is 12.8 Å². The zero-order valence-corrected chi connectivity index (χ0v) is 10.3. The Morgan fingerprint density at radius 2 is 2.12 bits per heavy atom. The van der Waals surface area contributed by atoms with Gasteiger partial charge in [0.1, 0.15) is 5.82 Å². The number of benzene rings is 1. The van der Waals surface area contributed by atoms with Gasteiger partial charge in [0.05, 0.1) is 5.69 Å². The van der Waals surface area contributed by atoms with Gasteiger partial charge in [0.25, 0.3) is 0 Å². The number of aryl methyl sites for hydroxylation is 1. The standard InChI is InChI=1S/C14H20FN/c1-10-6-7-11(15)12(9-10)16-13-5-4-8-14(13,2)3/h6-7,9,13,16H,4-5,8H2,1-3H3. The quantitative estimate of drug-likeness (QED) is 0.792. The molecule has 0 bridgehead atoms. The van der Waals surface area contributed by atoms with Crippen LogP contribution >= 0.6 is 0 Å². The molecule has 1 aromatic carbocycles. The minimum Gasteiger partial charge on any atom is -0.379 e. The van der Waals surface area contributed by atoms with E-state index in [4.69, 9.17) is 0 Å². The van der Waals surface area contributed by atoms with E-state index in [9.17, 15) is 4.39 Å². The number of halogens is 1. The van der Waals surface area contributed by atoms with Crippen LogP contribution in [0.5, 0.6) is 0 Å². The molecule has 2 rings (SSSR count). The van der Waals surface area contributed by atoms with E-state index in [1.807, 2.05) is 13.0 Å². The maximum atomic E-state index is 13.6. The maximum absolute atomic E-state index is 13.6. The first-order chi connectivity index (χ1) is 7.49. The van der Waals surface area contributed by atoms with Crippen molar-refractivity contribution < 1.29 is 4.39 Å². The molecule has 0 aliphatic heterocycles. The first-order valence-corrected chi connectivity index (χ1v) is 6.02. The fourth-order valence-corrected chi connectivity index (χ4v) is 2.53. The van der Waals surface area contributed by atoms with E-state index in [-0.39, 0.29) is 11.2 Å². The Balaban J connectivity index is 2.17. The van der Waals surface area contributed by atoms with E-state index >= 15 is 0 Å². The van der Waals surface area contributed by atoms with Gasteiger partial charge in [-0.05, 0) is 42.9 Å². The van der Waals surface area contributed by atoms with Crippen LogP contribution in [0.4, 0.5) is 10.1 Å². The van der Waals surface area contributed by atoms with Crippen molar-refractivity contribution in [3.63, 3.8) is 0 Å². The Labute approximate surface area is 97.1 Å². The molecule has 1 unspecified atom stereocenters. The van der Waals surface area contributed by atoms with Gasteiger partial charge in [0.2, 0.25) is 0 Å². The van der Waals surface area contributed by atoms with Gasteiger partial charge >= 0.3 is 0 Å². The molecule has 0 heterocycles. The third kappa shape index (κ3) is 2.21. The number of nitrogens with one attached hydrogen (secondary N) is 1. The molecule has 1 atom stereocenters. The van der Waals surface area contributed by atoms with E-state index < -0.39 is 0 Å². The van der Waals surface area contributed by atoms with E-state index in [0.29, 0.717) is 11.7 Å². The number of rotatable bonds is 2. The highest BCUT2D eigenvalue weighted by Crippen LogP contribution is 2.39. The van der Waals surface area contributed by atoms with Crippen molar-refractivity contribution in [1.82, 2.24) is 0 Å². The molecule has 16 heavy (non-hydrogen) atoms. The van der Waals surface area contributed by atoms with Crippen LogP contribution in [-0.2, 0) is 0 Å². The molecule has 1 aliphatic carbocycles. The van der Waals surface area contributed by atoms with Crippen LogP contribution < -0.4 is 5.32 Å². The molecular weight excluding hydrogens is 201 g/mol. The summed E-state index contributed by atoms with van der Waals surface area (Å²) in [4.78, 5) is 0. The molecule has 0 saturated heterocycles. The van der Waals surface area contributed by atoms with Gasteiger partial charge in [0, 0.05) is 6.04 Å². The number of hydrogen-bond acceptors (Lipinski definition) is 1. The summed E-state index contributed by atoms with van der Waals surface area (Å²) < 4.78 is 13.6. The Morgan fingerprint density at radius 3 is 2.75 bits per heavy atom. The molecule has 1 saturated carbocycles. The highest BCUT2D eigenvalue weighted by atomic mass is 19.1. The van der Waals surface area contributed by atoms with Gasteiger partial charge in [-0.1, -0.05) is 26.3 Å². The van der Waals surface area contributed by atoms with Crippen LogP contribution in [-0.4, -0.2) is 6.04 Å². The van der Waals surface area contributed by atoms with Crippen LogP contribution in [0.25, 0.3) is 0 Å². The highest BCUT2D eigenvalue weighted by Gasteiger charge is 2.34. The molecular formula is C14H20FN. The van der Waals surface area contributed by atoms with E-state index in [2.05, 4.69) is 19.2 Å². The zero-order valence-electron chi connectivity index (χ0n) is 10.3. The summed E-state index contributed by atoms with van der Waals surface area (Å²) in [5, 5.41) is 3.37. The molecule has 0 aromatic heterocycles. The van der Waals surface area contributed by atoms with E-state index in [0.717, 1.165) is 12.0 Å². The summed E-state index contributed by atoms with van der Waals surface area (Å²) in [7, 11) is 0. The SMILES string of the molecule is Cc1ccc(F)c(NC2CCCC2(C)C)c1. The Bertz CT molecular complexity index is 384. The third-order valence-electron chi connectivity index (χ3n) is 3.71. The second-order valence-electron chi connectivity index (χ2n) is 5.56. The normalized spacial score (nSPS) is 23.4. The second-order valence-corrected chi connectivity index (χ2v) is 5.56. The lowest BCUT2D eigenvalue weighted by molar-refractivity contribution is 0.349. The van der Waals surface area contributed by atoms with Crippen LogP contribution in [0.1, 0.15) is 38.7 Å². The van der Waals surface area contributed by atoms with Crippen molar-refractivity contribution in [2.75, 3.05) is 5.32 Å². The molecule has 0 spiro atoms. The lowest BCUT2D eigenvalue weighted by atomic mass is 9.87. The van der Waals surface area contributed by atoms with E-state index in [1.54, 1.807) is 12.1 Å². The lowest BCUT2D eigenvalue weighted by Gasteiger charge is -2.29. The predicted molar refractivity (Wildman–Crippen MR) is 66.2 cm³/mol. The topological polar surface area (TPSA) is 12.0 Å². The van der Waals surface area contributed by atoms with Crippen molar-refractivity contribution in [2.45, 2.75) is 46.1 Å². The van der Waals surface area contributed by atoms with Gasteiger partial charge < -0.3 is 5.32 Å². The summed E-state index contributed by atoms with van der Waals surface area (Å²) in [5.41, 5.74) is 2.02. The molecule has 0 amide bonds. The van der Waals surface area contributed by atoms with Crippen LogP contribution in [0, 0.1) is 18.2 Å². The monoisotopic (exact) mass is 221 g/mol. The molecule has 88 valence electrons. The Kier molecular flexibility index (Phi) is 2.92. The molecule has 1 N–H and O–H groups in total. The molecule has 1 fully saturated rings. The lowest BCUT2D eigenvalue weighted by Crippen LogP contribution is -2.31. The second kappa shape index (κ2) is 4.08. The third-order valence-corrected chi connectivity index (χ3v) is 3.71. The summed E-state index contributed by atoms with van der Waals surface area (Å²) in [6.45, 7) is 6.50. The van der Waals surface area contributed by atoms with Crippen LogP contribution in [0.3, 0.4) is 0 Å². The fourth-order valence-electron chi connectivity index (χ4n) is 2.53. The summed E-state index contributed by atoms with van der Waals surface area (Å²) in [6, 6.07) is 5.63. The average Bonchev–Trinajstić information content (AvgIpc) is 2.52. The maximum Gasteiger partial charge on any atom is 0.146 e. The minimum atomic E-state index is -0.145. The Morgan fingerprint density at radius 1 is 1.38 bits per heavy atom. The van der Waals surface area contributed by atoms with Crippen LogP contribution in [0.15, 0.2) is 18.2 Å². The molecule has 1 aliphatic rings. The summed E-state index contributed by atoms with van der Waals surface area (Å²) in [5.74, 6) is -0.145. The minimum absolute atomic E-state index is 0.145. The van der Waals surface area contributed by atoms with Gasteiger partial charge in [-0.2, -0.15) is 0 Å². The molecule has 2 heteroatoms. The van der Waals surface area contributed by atoms with Gasteiger partial charge in [-0.3, -0.25) is 0 Å². The molecule has 1 aromatic rings. The van der Waals surface area contributed by atoms with Crippen molar-refractivity contribution in [3.8, 4) is 0 Å². The van der Waals surface area contributed by atoms with Gasteiger partial charge in [-0.25, -0.2) is 4.39 Å². The molecule has 1 nitrogen and oxygen atoms in total. The van der Waals surface area contributed by atoms with Crippen molar-refractivity contribution >= 4 is 5.69 Å². The predicted octanol–water partition coefficient (Wildman–Crippen LogP) is 4.12. The van der Waals surface area contributed by atoms with Crippen molar-refractivity contribution in [3.05, 3.63) is 29.6 Å². The van der Waals surface area contributed by atoms with Crippen molar-refractivity contribution in [2.24, 2.45) is 5.41 Å². The molecule has 0 radical (unpaired) electrons. The largest absolute Gasteiger partial charge is 0.379 e. The average molecular weight is 221 g/mol. The Hall–Kier alpha value is -1.05. The summed E-state index contributed by atoms with van der Waals surface area (Å²) >= 11 is 0. The fraction of sp³-hybridized carbons (Fsp3) is 0.571. The van der Waals surface area contributed by atoms with Gasteiger partial charge in [0.15, 0.2) is 0 Å². The van der Waals surface area contributed by atoms with Crippen LogP contribution in [0.2, 0.25) is 0 Å². The first-order valence-electron chi connectivity index (χ1n) is 6.02. The number of hydrogen-bond donors (Lipinski definition) is 1. The summed E-state index contributed by atoms with van der Waals surface area (Å²) in [6.07, 6.45) is 3.59. The van der Waals surface area contributed by atoms with Crippen molar-refractivity contribution in [1.29, 1.82) is 0 Å². The number of anilines is 1. The van der Waals surface area contributed by atoms with Gasteiger partial charge in [-0.15, -0.1) is 0 Å². The first kappa shape index (κ1) is 11.4. The highest BCUT2D eigenvalue weighted by molar-refractivity contribution is 5.48. The smallest absolute Gasteiger partial charge is 0.146 e.